The largest absolute Gasteiger partial charge is 0.344 e. The van der Waals surface area contributed by atoms with Crippen molar-refractivity contribution >= 4 is 11.8 Å². The monoisotopic (exact) mass is 478 g/mol. The van der Waals surface area contributed by atoms with E-state index in [2.05, 4.69) is 23.6 Å². The van der Waals surface area contributed by atoms with E-state index in [1.165, 1.54) is 51.4 Å². The van der Waals surface area contributed by atoms with Crippen molar-refractivity contribution in [3.05, 3.63) is 0 Å². The highest BCUT2D eigenvalue weighted by molar-refractivity contribution is 5.80. The fourth-order valence-electron chi connectivity index (χ4n) is 5.59. The van der Waals surface area contributed by atoms with Crippen LogP contribution in [-0.2, 0) is 9.59 Å². The second-order valence-corrected chi connectivity index (χ2v) is 10.9. The maximum Gasteiger partial charge on any atom is 0.226 e. The van der Waals surface area contributed by atoms with Gasteiger partial charge in [-0.2, -0.15) is 0 Å². The van der Waals surface area contributed by atoms with Crippen molar-refractivity contribution in [3.8, 4) is 0 Å². The first-order valence-corrected chi connectivity index (χ1v) is 14.4. The van der Waals surface area contributed by atoms with E-state index in [0.717, 1.165) is 65.0 Å². The summed E-state index contributed by atoms with van der Waals surface area (Å²) < 4.78 is 0. The lowest BCUT2D eigenvalue weighted by atomic mass is 9.96. The normalized spacial score (nSPS) is 22.0. The predicted octanol–water partition coefficient (Wildman–Crippen LogP) is 4.49. The molecule has 2 amide bonds. The number of carbonyl (C=O) groups is 2. The first kappa shape index (κ1) is 29.1. The summed E-state index contributed by atoms with van der Waals surface area (Å²) in [5.74, 6) is 0.751. The van der Waals surface area contributed by atoms with Gasteiger partial charge in [0, 0.05) is 40.3 Å². The van der Waals surface area contributed by atoms with Gasteiger partial charge in [0.1, 0.15) is 0 Å². The summed E-state index contributed by atoms with van der Waals surface area (Å²) in [7, 11) is 3.83. The summed E-state index contributed by atoms with van der Waals surface area (Å²) >= 11 is 0. The highest BCUT2D eigenvalue weighted by Crippen LogP contribution is 2.21. The molecule has 2 heterocycles. The Labute approximate surface area is 210 Å². The summed E-state index contributed by atoms with van der Waals surface area (Å²) in [5, 5.41) is 0. The van der Waals surface area contributed by atoms with Gasteiger partial charge in [0.05, 0.1) is 11.8 Å². The Balaban J connectivity index is 1.70. The van der Waals surface area contributed by atoms with Crippen LogP contribution >= 0.6 is 0 Å². The minimum Gasteiger partial charge on any atom is -0.344 e. The SMILES string of the molecule is CCCCCCN1CCCC(C(=O)N(C)CCN(C)C(=O)C2CCCN(CCCCCC)C2)C1. The van der Waals surface area contributed by atoms with Gasteiger partial charge in [-0.1, -0.05) is 52.4 Å². The van der Waals surface area contributed by atoms with Crippen molar-refractivity contribution in [1.82, 2.24) is 19.6 Å². The molecule has 0 N–H and O–H groups in total. The summed E-state index contributed by atoms with van der Waals surface area (Å²) in [5.41, 5.74) is 0. The molecule has 0 saturated carbocycles. The minimum atomic E-state index is 0.116. The maximum absolute atomic E-state index is 13.1. The first-order valence-electron chi connectivity index (χ1n) is 14.4. The van der Waals surface area contributed by atoms with E-state index >= 15 is 0 Å². The van der Waals surface area contributed by atoms with E-state index < -0.39 is 0 Å². The number of rotatable bonds is 15. The molecule has 2 unspecified atom stereocenters. The topological polar surface area (TPSA) is 47.1 Å². The van der Waals surface area contributed by atoms with Crippen LogP contribution in [0.4, 0.5) is 0 Å². The molecular weight excluding hydrogens is 424 g/mol. The van der Waals surface area contributed by atoms with E-state index in [9.17, 15) is 9.59 Å². The zero-order chi connectivity index (χ0) is 24.8. The van der Waals surface area contributed by atoms with Gasteiger partial charge in [0.25, 0.3) is 0 Å². The Hall–Kier alpha value is -1.14. The van der Waals surface area contributed by atoms with Crippen LogP contribution in [0, 0.1) is 11.8 Å². The van der Waals surface area contributed by atoms with Gasteiger partial charge in [0.15, 0.2) is 0 Å². The highest BCUT2D eigenvalue weighted by atomic mass is 16.2. The van der Waals surface area contributed by atoms with Crippen molar-refractivity contribution in [2.75, 3.05) is 66.5 Å². The number of hydrogen-bond donors (Lipinski definition) is 0. The summed E-state index contributed by atoms with van der Waals surface area (Å²) in [4.78, 5) is 34.9. The fourth-order valence-corrected chi connectivity index (χ4v) is 5.59. The van der Waals surface area contributed by atoms with Gasteiger partial charge in [-0.15, -0.1) is 0 Å². The second kappa shape index (κ2) is 16.5. The van der Waals surface area contributed by atoms with E-state index in [0.29, 0.717) is 13.1 Å². The molecule has 6 nitrogen and oxygen atoms in total. The molecule has 198 valence electrons. The number of likely N-dealkylation sites (N-methyl/N-ethyl adjacent to an activating group) is 2. The molecule has 34 heavy (non-hydrogen) atoms. The number of unbranched alkanes of at least 4 members (excludes halogenated alkanes) is 6. The zero-order valence-electron chi connectivity index (χ0n) is 22.9. The van der Waals surface area contributed by atoms with Gasteiger partial charge in [0.2, 0.25) is 11.8 Å². The summed E-state index contributed by atoms with van der Waals surface area (Å²) in [6.07, 6.45) is 14.5. The third-order valence-electron chi connectivity index (χ3n) is 7.89. The van der Waals surface area contributed by atoms with Crippen LogP contribution in [0.15, 0.2) is 0 Å². The van der Waals surface area contributed by atoms with Crippen molar-refractivity contribution in [3.63, 3.8) is 0 Å². The minimum absolute atomic E-state index is 0.116. The maximum atomic E-state index is 13.1. The Kier molecular flexibility index (Phi) is 14.1. The third-order valence-corrected chi connectivity index (χ3v) is 7.89. The molecule has 2 aliphatic heterocycles. The first-order chi connectivity index (χ1) is 16.5. The molecule has 2 atom stereocenters. The molecule has 0 spiro atoms. The summed E-state index contributed by atoms with van der Waals surface area (Å²) in [6.45, 7) is 12.1. The molecule has 2 rings (SSSR count). The van der Waals surface area contributed by atoms with Crippen LogP contribution in [-0.4, -0.2) is 97.9 Å². The number of piperidine rings is 2. The van der Waals surface area contributed by atoms with E-state index in [1.54, 1.807) is 0 Å². The quantitative estimate of drug-likeness (QED) is 0.326. The molecule has 6 heteroatoms. The number of nitrogens with zero attached hydrogens (tertiary/aromatic N) is 4. The number of hydrogen-bond acceptors (Lipinski definition) is 4. The Bertz CT molecular complexity index is 535. The lowest BCUT2D eigenvalue weighted by Crippen LogP contribution is -2.47. The van der Waals surface area contributed by atoms with E-state index in [4.69, 9.17) is 0 Å². The number of carbonyl (C=O) groups excluding carboxylic acids is 2. The predicted molar refractivity (Wildman–Crippen MR) is 142 cm³/mol. The van der Waals surface area contributed by atoms with Gasteiger partial charge in [-0.05, 0) is 64.7 Å². The fraction of sp³-hybridized carbons (Fsp3) is 0.929. The van der Waals surface area contributed by atoms with Crippen LogP contribution in [0.3, 0.4) is 0 Å². The highest BCUT2D eigenvalue weighted by Gasteiger charge is 2.30. The van der Waals surface area contributed by atoms with Crippen molar-refractivity contribution < 1.29 is 9.59 Å². The molecule has 2 aliphatic rings. The molecule has 0 bridgehead atoms. The molecule has 0 aromatic rings. The average Bonchev–Trinajstić information content (AvgIpc) is 2.87. The second-order valence-electron chi connectivity index (χ2n) is 10.9. The van der Waals surface area contributed by atoms with Crippen LogP contribution in [0.5, 0.6) is 0 Å². The van der Waals surface area contributed by atoms with E-state index in [1.807, 2.05) is 23.9 Å². The Morgan fingerprint density at radius 1 is 0.676 bits per heavy atom. The molecule has 0 aromatic heterocycles. The van der Waals surface area contributed by atoms with Crippen LogP contribution < -0.4 is 0 Å². The lowest BCUT2D eigenvalue weighted by Gasteiger charge is -2.35. The van der Waals surface area contributed by atoms with Gasteiger partial charge in [-0.3, -0.25) is 9.59 Å². The molecule has 2 saturated heterocycles. The van der Waals surface area contributed by atoms with Crippen LogP contribution in [0.2, 0.25) is 0 Å². The van der Waals surface area contributed by atoms with Crippen molar-refractivity contribution in [2.45, 2.75) is 90.9 Å². The smallest absolute Gasteiger partial charge is 0.226 e. The molecular formula is C28H54N4O2. The summed E-state index contributed by atoms with van der Waals surface area (Å²) in [6, 6.07) is 0. The Morgan fingerprint density at radius 3 is 1.47 bits per heavy atom. The van der Waals surface area contributed by atoms with Gasteiger partial charge >= 0.3 is 0 Å². The number of likely N-dealkylation sites (tertiary alicyclic amines) is 2. The van der Waals surface area contributed by atoms with Gasteiger partial charge in [-0.25, -0.2) is 0 Å². The molecule has 0 aromatic carbocycles. The average molecular weight is 479 g/mol. The van der Waals surface area contributed by atoms with E-state index in [-0.39, 0.29) is 23.7 Å². The van der Waals surface area contributed by atoms with Crippen LogP contribution in [0.1, 0.15) is 90.9 Å². The number of amides is 2. The third kappa shape index (κ3) is 10.2. The molecule has 0 radical (unpaired) electrons. The lowest BCUT2D eigenvalue weighted by molar-refractivity contribution is -0.139. The molecule has 2 fully saturated rings. The van der Waals surface area contributed by atoms with Gasteiger partial charge < -0.3 is 19.6 Å². The Morgan fingerprint density at radius 2 is 1.09 bits per heavy atom. The van der Waals surface area contributed by atoms with Crippen LogP contribution in [0.25, 0.3) is 0 Å². The van der Waals surface area contributed by atoms with Crippen molar-refractivity contribution in [2.24, 2.45) is 11.8 Å². The standard InChI is InChI=1S/C28H54N4O2/c1-5-7-9-11-17-31-19-13-15-25(23-31)27(33)29(3)21-22-30(4)28(34)26-16-14-20-32(24-26)18-12-10-8-6-2/h25-26H,5-24H2,1-4H3. The zero-order valence-corrected chi connectivity index (χ0v) is 22.9. The molecule has 0 aliphatic carbocycles. The van der Waals surface area contributed by atoms with Crippen molar-refractivity contribution in [1.29, 1.82) is 0 Å².